The molecule has 0 bridgehead atoms. The Balaban J connectivity index is 2.64. The quantitative estimate of drug-likeness (QED) is 0.626. The average Bonchev–Trinajstić information content (AvgIpc) is 2.08. The van der Waals surface area contributed by atoms with Crippen LogP contribution >= 0.6 is 0 Å². The zero-order valence-electron chi connectivity index (χ0n) is 6.97. The van der Waals surface area contributed by atoms with Crippen molar-refractivity contribution < 1.29 is 15.0 Å². The third kappa shape index (κ3) is 2.76. The van der Waals surface area contributed by atoms with Gasteiger partial charge in [0.25, 0.3) is 0 Å². The number of phenolic OH excluding ortho intramolecular Hbond substituents is 1. The van der Waals surface area contributed by atoms with Crippen molar-refractivity contribution in [1.82, 2.24) is 0 Å². The maximum atomic E-state index is 10.4. The van der Waals surface area contributed by atoms with E-state index in [9.17, 15) is 4.79 Å². The van der Waals surface area contributed by atoms with Gasteiger partial charge in [0.1, 0.15) is 11.8 Å². The SMILES string of the molecule is N[C@@H](C[11c]1ccc(O)cc1)C(=O)O. The second kappa shape index (κ2) is 3.91. The predicted molar refractivity (Wildman–Crippen MR) is 47.4 cm³/mol. The molecule has 0 aromatic heterocycles. The molecule has 0 saturated heterocycles. The molecule has 0 heterocycles. The number of rotatable bonds is 3. The van der Waals surface area contributed by atoms with Gasteiger partial charge in [-0.05, 0) is 24.1 Å². The van der Waals surface area contributed by atoms with Gasteiger partial charge in [0.05, 0.1) is 0 Å². The van der Waals surface area contributed by atoms with Gasteiger partial charge in [0.15, 0.2) is 0 Å². The average molecular weight is 180 g/mol. The van der Waals surface area contributed by atoms with Gasteiger partial charge < -0.3 is 15.9 Å². The van der Waals surface area contributed by atoms with E-state index in [-0.39, 0.29) is 12.2 Å². The van der Waals surface area contributed by atoms with Gasteiger partial charge in [-0.15, -0.1) is 0 Å². The Morgan fingerprint density at radius 1 is 1.38 bits per heavy atom. The van der Waals surface area contributed by atoms with Crippen LogP contribution < -0.4 is 5.73 Å². The van der Waals surface area contributed by atoms with Crippen molar-refractivity contribution in [1.29, 1.82) is 0 Å². The highest BCUT2D eigenvalue weighted by molar-refractivity contribution is 5.73. The van der Waals surface area contributed by atoms with Crippen LogP contribution in [0.1, 0.15) is 5.56 Å². The maximum absolute atomic E-state index is 10.4. The second-order valence-electron chi connectivity index (χ2n) is 2.82. The Morgan fingerprint density at radius 2 is 1.92 bits per heavy atom. The number of carboxylic acids is 1. The molecular formula is C9H11NO3. The fraction of sp³-hybridized carbons (Fsp3) is 0.222. The number of aliphatic carboxylic acids is 1. The number of nitrogens with two attached hydrogens (primary N) is 1. The lowest BCUT2D eigenvalue weighted by Crippen LogP contribution is -2.32. The van der Waals surface area contributed by atoms with Crippen LogP contribution in [0.4, 0.5) is 0 Å². The third-order valence-corrected chi connectivity index (χ3v) is 1.71. The van der Waals surface area contributed by atoms with E-state index < -0.39 is 12.0 Å². The topological polar surface area (TPSA) is 83.5 Å². The predicted octanol–water partition coefficient (Wildman–Crippen LogP) is 0.347. The molecule has 13 heavy (non-hydrogen) atoms. The summed E-state index contributed by atoms with van der Waals surface area (Å²) in [5.74, 6) is -0.860. The molecule has 0 unspecified atom stereocenters. The number of hydrogen-bond donors (Lipinski definition) is 3. The minimum atomic E-state index is -1.02. The zero-order chi connectivity index (χ0) is 9.84. The van der Waals surface area contributed by atoms with Gasteiger partial charge in [-0.25, -0.2) is 0 Å². The number of aromatic hydroxyl groups is 1. The molecular weight excluding hydrogens is 169 g/mol. The van der Waals surface area contributed by atoms with Crippen molar-refractivity contribution in [2.45, 2.75) is 12.5 Å². The Hall–Kier alpha value is -1.55. The Bertz CT molecular complexity index is 294. The second-order valence-corrected chi connectivity index (χ2v) is 2.82. The van der Waals surface area contributed by atoms with E-state index >= 15 is 0 Å². The zero-order valence-corrected chi connectivity index (χ0v) is 6.97. The van der Waals surface area contributed by atoms with Gasteiger partial charge >= 0.3 is 5.97 Å². The minimum absolute atomic E-state index is 0.160. The smallest absolute Gasteiger partial charge is 0.320 e. The first kappa shape index (κ1) is 9.54. The van der Waals surface area contributed by atoms with E-state index in [0.717, 1.165) is 5.56 Å². The molecule has 0 amide bonds. The van der Waals surface area contributed by atoms with E-state index in [1.807, 2.05) is 0 Å². The summed E-state index contributed by atoms with van der Waals surface area (Å²) >= 11 is 0. The standard InChI is InChI=1S/C9H11NO3/c10-8(9(12)13)5-6-1-3-7(11)4-2-6/h1-4,8,11H,5,10H2,(H,12,13)/t8-/m0/s1/i6-1. The maximum Gasteiger partial charge on any atom is 0.320 e. The van der Waals surface area contributed by atoms with Gasteiger partial charge in [0.2, 0.25) is 0 Å². The molecule has 0 spiro atoms. The Kier molecular flexibility index (Phi) is 2.87. The van der Waals surface area contributed by atoms with Crippen molar-refractivity contribution in [3.63, 3.8) is 0 Å². The van der Waals surface area contributed by atoms with E-state index in [4.69, 9.17) is 15.9 Å². The van der Waals surface area contributed by atoms with E-state index in [0.29, 0.717) is 0 Å². The van der Waals surface area contributed by atoms with Crippen molar-refractivity contribution in [2.75, 3.05) is 0 Å². The van der Waals surface area contributed by atoms with Crippen molar-refractivity contribution in [2.24, 2.45) is 5.73 Å². The molecule has 0 aliphatic rings. The number of hydrogen-bond acceptors (Lipinski definition) is 3. The molecule has 0 saturated carbocycles. The lowest BCUT2D eigenvalue weighted by atomic mass is 9.71. The first-order valence-electron chi connectivity index (χ1n) is 3.86. The van der Waals surface area contributed by atoms with Crippen LogP contribution in [0.3, 0.4) is 0 Å². The fourth-order valence-corrected chi connectivity index (χ4v) is 0.973. The van der Waals surface area contributed by atoms with Gasteiger partial charge in [-0.3, -0.25) is 4.79 Å². The first-order chi connectivity index (χ1) is 6.09. The molecule has 1 atom stereocenters. The molecule has 0 fully saturated rings. The number of carboxylic acid groups (broad SMARTS) is 1. The summed E-state index contributed by atoms with van der Waals surface area (Å²) in [7, 11) is 0. The lowest BCUT2D eigenvalue weighted by Gasteiger charge is -2.05. The number of phenols is 1. The normalized spacial score (nSPS) is 12.4. The highest BCUT2D eigenvalue weighted by Crippen LogP contribution is 2.10. The molecule has 0 aliphatic carbocycles. The Labute approximate surface area is 75.6 Å². The van der Waals surface area contributed by atoms with Crippen molar-refractivity contribution in [3.05, 3.63) is 29.8 Å². The van der Waals surface area contributed by atoms with Crippen LogP contribution in [-0.2, 0) is 11.2 Å². The molecule has 4 N–H and O–H groups in total. The minimum Gasteiger partial charge on any atom is -0.508 e. The summed E-state index contributed by atoms with van der Waals surface area (Å²) in [5, 5.41) is 17.5. The highest BCUT2D eigenvalue weighted by Gasteiger charge is 2.11. The molecule has 0 aliphatic heterocycles. The van der Waals surface area contributed by atoms with Gasteiger partial charge in [-0.1, -0.05) is 12.1 Å². The summed E-state index contributed by atoms with van der Waals surface area (Å²) in [6, 6.07) is 5.42. The summed E-state index contributed by atoms with van der Waals surface area (Å²) < 4.78 is 0. The third-order valence-electron chi connectivity index (χ3n) is 1.71. The molecule has 1 rings (SSSR count). The van der Waals surface area contributed by atoms with E-state index in [2.05, 4.69) is 0 Å². The van der Waals surface area contributed by atoms with E-state index in [1.165, 1.54) is 12.1 Å². The molecule has 4 heteroatoms. The van der Waals surface area contributed by atoms with Crippen LogP contribution in [-0.4, -0.2) is 22.2 Å². The molecule has 1 aromatic rings. The molecule has 70 valence electrons. The van der Waals surface area contributed by atoms with Crippen molar-refractivity contribution in [3.8, 4) is 5.75 Å². The summed E-state index contributed by atoms with van der Waals surface area (Å²) in [6.07, 6.45) is 0.273. The molecule has 0 radical (unpaired) electrons. The number of benzene rings is 1. The lowest BCUT2D eigenvalue weighted by molar-refractivity contribution is -0.138. The number of carbonyl (C=O) groups is 1. The summed E-state index contributed by atoms with van der Waals surface area (Å²) in [6.45, 7) is 0. The van der Waals surface area contributed by atoms with Crippen molar-refractivity contribution >= 4 is 5.97 Å². The Morgan fingerprint density at radius 3 is 2.38 bits per heavy atom. The largest absolute Gasteiger partial charge is 0.508 e. The van der Waals surface area contributed by atoms with E-state index in [1.54, 1.807) is 12.1 Å². The van der Waals surface area contributed by atoms with Crippen LogP contribution in [0.25, 0.3) is 0 Å². The summed E-state index contributed by atoms with van der Waals surface area (Å²) in [5.41, 5.74) is 6.12. The molecule has 4 nitrogen and oxygen atoms in total. The monoisotopic (exact) mass is 180 g/mol. The fourth-order valence-electron chi connectivity index (χ4n) is 0.973. The van der Waals surface area contributed by atoms with Crippen LogP contribution in [0, 0.1) is 0 Å². The highest BCUT2D eigenvalue weighted by atomic mass is 16.4. The summed E-state index contributed by atoms with van der Waals surface area (Å²) in [4.78, 5) is 10.4. The van der Waals surface area contributed by atoms with Crippen LogP contribution in [0.2, 0.25) is 0 Å². The first-order valence-corrected chi connectivity index (χ1v) is 3.86. The van der Waals surface area contributed by atoms with Gasteiger partial charge in [-0.2, -0.15) is 0 Å². The molecule has 1 aromatic carbocycles. The van der Waals surface area contributed by atoms with Gasteiger partial charge in [0, 0.05) is 0 Å². The van der Waals surface area contributed by atoms with Crippen LogP contribution in [0.15, 0.2) is 24.3 Å². The van der Waals surface area contributed by atoms with Crippen LogP contribution in [0.5, 0.6) is 5.75 Å².